The first-order valence-corrected chi connectivity index (χ1v) is 6.58. The Morgan fingerprint density at radius 1 is 1.42 bits per heavy atom. The van der Waals surface area contributed by atoms with Gasteiger partial charge in [-0.25, -0.2) is 9.78 Å². The number of nitrogens with zero attached hydrogens (tertiary/aromatic N) is 3. The molecule has 0 aliphatic carbocycles. The first-order chi connectivity index (χ1) is 9.18. The van der Waals surface area contributed by atoms with Crippen LogP contribution in [0.3, 0.4) is 0 Å². The number of hydrogen-bond acceptors (Lipinski definition) is 3. The molecule has 100 valence electrons. The standard InChI is InChI=1S/C14H17N3O2/c1-16-8-3-2-6-11(16)13-15-9-10-5-4-7-12(14(18)19)17(10)13/h4-5,7,9,11H,2-3,6,8H2,1H3,(H,18,19). The fraction of sp³-hybridized carbons (Fsp3) is 0.429. The lowest BCUT2D eigenvalue weighted by atomic mass is 10.0. The number of likely N-dealkylation sites (tertiary alicyclic amines) is 1. The molecule has 2 aromatic rings. The number of hydrogen-bond donors (Lipinski definition) is 1. The normalized spacial score (nSPS) is 20.8. The van der Waals surface area contributed by atoms with E-state index in [1.165, 1.54) is 12.8 Å². The summed E-state index contributed by atoms with van der Waals surface area (Å²) in [4.78, 5) is 18.1. The van der Waals surface area contributed by atoms with E-state index in [1.54, 1.807) is 22.7 Å². The predicted molar refractivity (Wildman–Crippen MR) is 71.4 cm³/mol. The van der Waals surface area contributed by atoms with Crippen molar-refractivity contribution < 1.29 is 9.90 Å². The van der Waals surface area contributed by atoms with Crippen molar-refractivity contribution in [2.24, 2.45) is 0 Å². The van der Waals surface area contributed by atoms with Crippen molar-refractivity contribution in [3.63, 3.8) is 0 Å². The number of carboxylic acids is 1. The number of aromatic nitrogens is 2. The van der Waals surface area contributed by atoms with E-state index in [2.05, 4.69) is 16.9 Å². The zero-order chi connectivity index (χ0) is 13.4. The summed E-state index contributed by atoms with van der Waals surface area (Å²) in [5.74, 6) is -0.0708. The topological polar surface area (TPSA) is 57.8 Å². The molecule has 1 unspecified atom stereocenters. The number of aromatic carboxylic acids is 1. The molecule has 1 aliphatic heterocycles. The second kappa shape index (κ2) is 4.66. The average molecular weight is 259 g/mol. The van der Waals surface area contributed by atoms with Crippen LogP contribution in [0.5, 0.6) is 0 Å². The Kier molecular flexibility index (Phi) is 2.98. The van der Waals surface area contributed by atoms with Crippen molar-refractivity contribution in [2.45, 2.75) is 25.3 Å². The molecule has 3 rings (SSSR count). The summed E-state index contributed by atoms with van der Waals surface area (Å²) in [6, 6.07) is 5.49. The van der Waals surface area contributed by atoms with Crippen LogP contribution < -0.4 is 0 Å². The summed E-state index contributed by atoms with van der Waals surface area (Å²) in [5, 5.41) is 9.33. The van der Waals surface area contributed by atoms with Crippen molar-refractivity contribution in [3.8, 4) is 0 Å². The molecule has 3 heterocycles. The summed E-state index contributed by atoms with van der Waals surface area (Å²) in [5.41, 5.74) is 1.12. The fourth-order valence-corrected chi connectivity index (χ4v) is 2.88. The van der Waals surface area contributed by atoms with Gasteiger partial charge < -0.3 is 5.11 Å². The largest absolute Gasteiger partial charge is 0.477 e. The summed E-state index contributed by atoms with van der Waals surface area (Å²) in [7, 11) is 2.08. The minimum atomic E-state index is -0.914. The van der Waals surface area contributed by atoms with Crippen LogP contribution in [0.25, 0.3) is 5.52 Å². The minimum Gasteiger partial charge on any atom is -0.477 e. The fourth-order valence-electron chi connectivity index (χ4n) is 2.88. The van der Waals surface area contributed by atoms with E-state index in [0.717, 1.165) is 24.3 Å². The summed E-state index contributed by atoms with van der Waals surface area (Å²) >= 11 is 0. The molecule has 0 aromatic carbocycles. The maximum Gasteiger partial charge on any atom is 0.352 e. The molecule has 1 N–H and O–H groups in total. The number of fused-ring (bicyclic) bond motifs is 1. The van der Waals surface area contributed by atoms with Crippen molar-refractivity contribution in [2.75, 3.05) is 13.6 Å². The van der Waals surface area contributed by atoms with Gasteiger partial charge in [0.25, 0.3) is 0 Å². The molecule has 19 heavy (non-hydrogen) atoms. The molecule has 0 amide bonds. The van der Waals surface area contributed by atoms with Gasteiger partial charge in [-0.1, -0.05) is 12.5 Å². The van der Waals surface area contributed by atoms with Crippen LogP contribution in [-0.4, -0.2) is 39.0 Å². The third-order valence-electron chi connectivity index (χ3n) is 3.87. The molecule has 1 fully saturated rings. The third-order valence-corrected chi connectivity index (χ3v) is 3.87. The van der Waals surface area contributed by atoms with Crippen LogP contribution in [0, 0.1) is 0 Å². The maximum absolute atomic E-state index is 11.4. The molecule has 0 saturated carbocycles. The van der Waals surface area contributed by atoms with Gasteiger partial charge in [-0.15, -0.1) is 0 Å². The zero-order valence-electron chi connectivity index (χ0n) is 10.9. The molecular formula is C14H17N3O2. The van der Waals surface area contributed by atoms with Crippen LogP contribution in [0.4, 0.5) is 0 Å². The number of piperidine rings is 1. The van der Waals surface area contributed by atoms with E-state index >= 15 is 0 Å². The lowest BCUT2D eigenvalue weighted by Crippen LogP contribution is -2.31. The second-order valence-corrected chi connectivity index (χ2v) is 5.09. The molecule has 0 spiro atoms. The SMILES string of the molecule is CN1CCCCC1c1ncc2cccc(C(=O)O)n12. The number of rotatable bonds is 2. The Morgan fingerprint density at radius 2 is 2.26 bits per heavy atom. The minimum absolute atomic E-state index is 0.205. The number of carbonyl (C=O) groups is 1. The van der Waals surface area contributed by atoms with Crippen molar-refractivity contribution in [1.82, 2.24) is 14.3 Å². The van der Waals surface area contributed by atoms with Gasteiger partial charge in [-0.05, 0) is 38.6 Å². The average Bonchev–Trinajstić information content (AvgIpc) is 2.82. The quantitative estimate of drug-likeness (QED) is 0.898. The van der Waals surface area contributed by atoms with Crippen molar-refractivity contribution in [3.05, 3.63) is 35.9 Å². The maximum atomic E-state index is 11.4. The van der Waals surface area contributed by atoms with Crippen LogP contribution >= 0.6 is 0 Å². The molecule has 2 aromatic heterocycles. The van der Waals surface area contributed by atoms with E-state index < -0.39 is 5.97 Å². The van der Waals surface area contributed by atoms with E-state index in [1.807, 2.05) is 6.07 Å². The smallest absolute Gasteiger partial charge is 0.352 e. The van der Waals surface area contributed by atoms with Crippen molar-refractivity contribution in [1.29, 1.82) is 0 Å². The molecular weight excluding hydrogens is 242 g/mol. The van der Waals surface area contributed by atoms with Gasteiger partial charge in [0.15, 0.2) is 0 Å². The van der Waals surface area contributed by atoms with Gasteiger partial charge in [-0.2, -0.15) is 0 Å². The van der Waals surface area contributed by atoms with E-state index in [4.69, 9.17) is 0 Å². The van der Waals surface area contributed by atoms with E-state index in [0.29, 0.717) is 0 Å². The molecule has 0 bridgehead atoms. The zero-order valence-corrected chi connectivity index (χ0v) is 10.9. The van der Waals surface area contributed by atoms with Gasteiger partial charge in [0.2, 0.25) is 0 Å². The lowest BCUT2D eigenvalue weighted by Gasteiger charge is -2.31. The molecule has 5 heteroatoms. The van der Waals surface area contributed by atoms with Gasteiger partial charge in [-0.3, -0.25) is 9.30 Å². The molecule has 5 nitrogen and oxygen atoms in total. The highest BCUT2D eigenvalue weighted by atomic mass is 16.4. The molecule has 1 aliphatic rings. The van der Waals surface area contributed by atoms with E-state index in [-0.39, 0.29) is 11.7 Å². The van der Waals surface area contributed by atoms with Crippen molar-refractivity contribution >= 4 is 11.5 Å². The lowest BCUT2D eigenvalue weighted by molar-refractivity contribution is 0.0687. The van der Waals surface area contributed by atoms with Gasteiger partial charge in [0.05, 0.1) is 17.8 Å². The Balaban J connectivity index is 2.15. The number of pyridine rings is 1. The van der Waals surface area contributed by atoms with Crippen LogP contribution in [0.15, 0.2) is 24.4 Å². The Labute approximate surface area is 111 Å². The number of imidazole rings is 1. The highest BCUT2D eigenvalue weighted by Gasteiger charge is 2.26. The highest BCUT2D eigenvalue weighted by Crippen LogP contribution is 2.29. The monoisotopic (exact) mass is 259 g/mol. The predicted octanol–water partition coefficient (Wildman–Crippen LogP) is 2.19. The van der Waals surface area contributed by atoms with Crippen LogP contribution in [0.1, 0.15) is 41.6 Å². The number of carboxylic acid groups (broad SMARTS) is 1. The Bertz CT molecular complexity index is 620. The Hall–Kier alpha value is -1.88. The van der Waals surface area contributed by atoms with E-state index in [9.17, 15) is 9.90 Å². The van der Waals surface area contributed by atoms with Gasteiger partial charge in [0, 0.05) is 0 Å². The van der Waals surface area contributed by atoms with Crippen LogP contribution in [-0.2, 0) is 0 Å². The summed E-state index contributed by atoms with van der Waals surface area (Å²) < 4.78 is 1.77. The first kappa shape index (κ1) is 12.2. The second-order valence-electron chi connectivity index (χ2n) is 5.09. The molecule has 1 saturated heterocycles. The Morgan fingerprint density at radius 3 is 3.00 bits per heavy atom. The molecule has 1 atom stereocenters. The highest BCUT2D eigenvalue weighted by molar-refractivity contribution is 5.86. The van der Waals surface area contributed by atoms with Crippen LogP contribution in [0.2, 0.25) is 0 Å². The van der Waals surface area contributed by atoms with Gasteiger partial charge in [0.1, 0.15) is 11.5 Å². The summed E-state index contributed by atoms with van der Waals surface area (Å²) in [6.07, 6.45) is 5.15. The summed E-state index contributed by atoms with van der Waals surface area (Å²) in [6.45, 7) is 1.04. The third kappa shape index (κ3) is 2.00. The first-order valence-electron chi connectivity index (χ1n) is 6.58. The molecule has 0 radical (unpaired) electrons. The van der Waals surface area contributed by atoms with Gasteiger partial charge >= 0.3 is 5.97 Å².